The van der Waals surface area contributed by atoms with E-state index in [9.17, 15) is 4.79 Å². The van der Waals surface area contributed by atoms with Crippen LogP contribution in [0.2, 0.25) is 0 Å². The third-order valence-electron chi connectivity index (χ3n) is 4.58. The van der Waals surface area contributed by atoms with Crippen LogP contribution in [0.15, 0.2) is 24.3 Å². The number of ether oxygens (including phenoxy) is 1. The van der Waals surface area contributed by atoms with E-state index in [1.807, 2.05) is 36.1 Å². The van der Waals surface area contributed by atoms with Gasteiger partial charge in [-0.05, 0) is 31.0 Å². The fourth-order valence-electron chi connectivity index (χ4n) is 3.08. The van der Waals surface area contributed by atoms with Crippen LogP contribution in [0, 0.1) is 11.3 Å². The first-order chi connectivity index (χ1) is 12.2. The molecule has 2 amide bonds. The van der Waals surface area contributed by atoms with Gasteiger partial charge in [-0.2, -0.15) is 5.26 Å². The number of hydrogen-bond acceptors (Lipinski definition) is 4. The monoisotopic (exact) mass is 344 g/mol. The molecule has 0 aliphatic carbocycles. The highest BCUT2D eigenvalue weighted by Gasteiger charge is 2.28. The van der Waals surface area contributed by atoms with Gasteiger partial charge in [0, 0.05) is 44.5 Å². The fourth-order valence-corrected chi connectivity index (χ4v) is 3.08. The summed E-state index contributed by atoms with van der Waals surface area (Å²) in [6.07, 6.45) is 1.40. The topological polar surface area (TPSA) is 68.6 Å². The Labute approximate surface area is 150 Å². The van der Waals surface area contributed by atoms with Crippen molar-refractivity contribution in [3.8, 4) is 6.07 Å². The highest BCUT2D eigenvalue weighted by atomic mass is 16.5. The third kappa shape index (κ3) is 5.73. The number of urea groups is 1. The average Bonchev–Trinajstić information content (AvgIpc) is 2.64. The maximum absolute atomic E-state index is 12.5. The molecule has 1 N–H and O–H groups in total. The molecule has 0 spiro atoms. The van der Waals surface area contributed by atoms with Crippen LogP contribution in [0.4, 0.5) is 10.5 Å². The second-order valence-corrected chi connectivity index (χ2v) is 6.20. The van der Waals surface area contributed by atoms with Crippen molar-refractivity contribution >= 4 is 11.7 Å². The van der Waals surface area contributed by atoms with Crippen molar-refractivity contribution in [3.63, 3.8) is 0 Å². The van der Waals surface area contributed by atoms with E-state index in [1.165, 1.54) is 0 Å². The molecule has 1 aromatic rings. The molecular weight excluding hydrogens is 316 g/mol. The van der Waals surface area contributed by atoms with E-state index >= 15 is 0 Å². The number of nitrogens with one attached hydrogen (secondary N) is 1. The number of carbonyl (C=O) groups excluding carboxylic acids is 1. The summed E-state index contributed by atoms with van der Waals surface area (Å²) in [5.74, 6) is 0. The zero-order valence-corrected chi connectivity index (χ0v) is 15.2. The number of rotatable bonds is 7. The summed E-state index contributed by atoms with van der Waals surface area (Å²) in [6, 6.07) is 9.88. The fraction of sp³-hybridized carbons (Fsp3) is 0.579. The smallest absolute Gasteiger partial charge is 0.321 e. The van der Waals surface area contributed by atoms with Crippen molar-refractivity contribution in [2.24, 2.45) is 0 Å². The van der Waals surface area contributed by atoms with Gasteiger partial charge in [-0.25, -0.2) is 4.79 Å². The molecule has 1 aliphatic rings. The predicted octanol–water partition coefficient (Wildman–Crippen LogP) is 2.72. The number of hydrogen-bond donors (Lipinski definition) is 1. The molecule has 1 heterocycles. The number of anilines is 1. The molecule has 0 aromatic heterocycles. The van der Waals surface area contributed by atoms with Gasteiger partial charge >= 0.3 is 6.03 Å². The predicted molar refractivity (Wildman–Crippen MR) is 98.5 cm³/mol. The Morgan fingerprint density at radius 1 is 1.32 bits per heavy atom. The van der Waals surface area contributed by atoms with Gasteiger partial charge in [0.2, 0.25) is 0 Å². The molecule has 6 heteroatoms. The lowest BCUT2D eigenvalue weighted by Gasteiger charge is -2.41. The molecule has 0 saturated carbocycles. The maximum Gasteiger partial charge on any atom is 0.321 e. The number of piperazine rings is 1. The Morgan fingerprint density at radius 2 is 2.08 bits per heavy atom. The molecule has 1 atom stereocenters. The molecule has 0 radical (unpaired) electrons. The van der Waals surface area contributed by atoms with E-state index in [1.54, 1.807) is 0 Å². The van der Waals surface area contributed by atoms with Gasteiger partial charge in [0.1, 0.15) is 0 Å². The van der Waals surface area contributed by atoms with Crippen molar-refractivity contribution in [1.29, 1.82) is 5.26 Å². The molecular formula is C19H28N4O2. The van der Waals surface area contributed by atoms with Gasteiger partial charge in [0.05, 0.1) is 19.1 Å². The first-order valence-corrected chi connectivity index (χ1v) is 9.01. The Kier molecular flexibility index (Phi) is 7.71. The zero-order chi connectivity index (χ0) is 18.1. The standard InChI is InChI=1S/C19H28N4O2/c1-3-18-15-23(12-11-22(18)13-14-25-4-2)19(24)21-17-7-5-16(6-8-17)9-10-20/h5-8,18H,3-4,9,11-15H2,1-2H3,(H,21,24)/t18-/m1/s1. The van der Waals surface area contributed by atoms with Gasteiger partial charge < -0.3 is 15.0 Å². The molecule has 1 aromatic carbocycles. The Morgan fingerprint density at radius 3 is 2.72 bits per heavy atom. The summed E-state index contributed by atoms with van der Waals surface area (Å²) < 4.78 is 5.45. The molecule has 2 rings (SSSR count). The summed E-state index contributed by atoms with van der Waals surface area (Å²) in [7, 11) is 0. The number of nitrogens with zero attached hydrogens (tertiary/aromatic N) is 3. The van der Waals surface area contributed by atoms with E-state index in [2.05, 4.69) is 23.2 Å². The van der Waals surface area contributed by atoms with Crippen LogP contribution >= 0.6 is 0 Å². The lowest BCUT2D eigenvalue weighted by atomic mass is 10.1. The summed E-state index contributed by atoms with van der Waals surface area (Å²) in [5.41, 5.74) is 1.72. The summed E-state index contributed by atoms with van der Waals surface area (Å²) in [5, 5.41) is 11.7. The van der Waals surface area contributed by atoms with E-state index in [4.69, 9.17) is 10.00 Å². The van der Waals surface area contributed by atoms with Crippen LogP contribution < -0.4 is 5.32 Å². The van der Waals surface area contributed by atoms with Crippen molar-refractivity contribution < 1.29 is 9.53 Å². The summed E-state index contributed by atoms with van der Waals surface area (Å²) in [4.78, 5) is 16.8. The molecule has 136 valence electrons. The normalized spacial score (nSPS) is 18.0. The second-order valence-electron chi connectivity index (χ2n) is 6.20. The van der Waals surface area contributed by atoms with Gasteiger partial charge in [-0.1, -0.05) is 19.1 Å². The third-order valence-corrected chi connectivity index (χ3v) is 4.58. The first kappa shape index (κ1) is 19.2. The minimum atomic E-state index is -0.0593. The van der Waals surface area contributed by atoms with Crippen LogP contribution in [-0.4, -0.2) is 61.3 Å². The van der Waals surface area contributed by atoms with Crippen molar-refractivity contribution in [3.05, 3.63) is 29.8 Å². The van der Waals surface area contributed by atoms with E-state index < -0.39 is 0 Å². The van der Waals surface area contributed by atoms with Gasteiger partial charge in [-0.15, -0.1) is 0 Å². The maximum atomic E-state index is 12.5. The van der Waals surface area contributed by atoms with E-state index in [0.717, 1.165) is 57.1 Å². The molecule has 0 bridgehead atoms. The lowest BCUT2D eigenvalue weighted by Crippen LogP contribution is -2.56. The largest absolute Gasteiger partial charge is 0.380 e. The van der Waals surface area contributed by atoms with Crippen LogP contribution in [0.3, 0.4) is 0 Å². The molecule has 1 fully saturated rings. The first-order valence-electron chi connectivity index (χ1n) is 9.01. The Balaban J connectivity index is 1.87. The van der Waals surface area contributed by atoms with E-state index in [0.29, 0.717) is 12.5 Å². The number of carbonyl (C=O) groups is 1. The number of benzene rings is 1. The minimum Gasteiger partial charge on any atom is -0.380 e. The highest BCUT2D eigenvalue weighted by molar-refractivity contribution is 5.89. The van der Waals surface area contributed by atoms with Crippen molar-refractivity contribution in [2.45, 2.75) is 32.7 Å². The van der Waals surface area contributed by atoms with Crippen LogP contribution in [0.25, 0.3) is 0 Å². The number of nitriles is 1. The molecule has 25 heavy (non-hydrogen) atoms. The van der Waals surface area contributed by atoms with Gasteiger partial charge in [0.25, 0.3) is 0 Å². The van der Waals surface area contributed by atoms with E-state index in [-0.39, 0.29) is 6.03 Å². The van der Waals surface area contributed by atoms with Gasteiger partial charge in [-0.3, -0.25) is 4.90 Å². The number of amides is 2. The molecule has 0 unspecified atom stereocenters. The van der Waals surface area contributed by atoms with Crippen LogP contribution in [0.1, 0.15) is 25.8 Å². The summed E-state index contributed by atoms with van der Waals surface area (Å²) in [6.45, 7) is 8.91. The highest BCUT2D eigenvalue weighted by Crippen LogP contribution is 2.15. The summed E-state index contributed by atoms with van der Waals surface area (Å²) >= 11 is 0. The molecule has 6 nitrogen and oxygen atoms in total. The lowest BCUT2D eigenvalue weighted by molar-refractivity contribution is 0.0545. The molecule has 1 saturated heterocycles. The second kappa shape index (κ2) is 10.0. The quantitative estimate of drug-likeness (QED) is 0.772. The Bertz CT molecular complexity index is 582. The molecule has 1 aliphatic heterocycles. The Hall–Kier alpha value is -2.10. The van der Waals surface area contributed by atoms with Crippen molar-refractivity contribution in [1.82, 2.24) is 9.80 Å². The van der Waals surface area contributed by atoms with Gasteiger partial charge in [0.15, 0.2) is 0 Å². The van der Waals surface area contributed by atoms with Crippen LogP contribution in [-0.2, 0) is 11.2 Å². The minimum absolute atomic E-state index is 0.0593. The zero-order valence-electron chi connectivity index (χ0n) is 15.2. The van der Waals surface area contributed by atoms with Crippen LogP contribution in [0.5, 0.6) is 0 Å². The average molecular weight is 344 g/mol. The SMILES string of the molecule is CCOCCN1CCN(C(=O)Nc2ccc(CC#N)cc2)C[C@H]1CC. The van der Waals surface area contributed by atoms with Crippen molar-refractivity contribution in [2.75, 3.05) is 44.7 Å².